The second-order valence-corrected chi connectivity index (χ2v) is 6.04. The lowest BCUT2D eigenvalue weighted by molar-refractivity contribution is 0.0741. The summed E-state index contributed by atoms with van der Waals surface area (Å²) in [6.07, 6.45) is 3.03. The van der Waals surface area contributed by atoms with Gasteiger partial charge in [-0.15, -0.1) is 0 Å². The van der Waals surface area contributed by atoms with Crippen LogP contribution in [0.1, 0.15) is 34.8 Å². The Kier molecular flexibility index (Phi) is 7.35. The van der Waals surface area contributed by atoms with Gasteiger partial charge in [-0.2, -0.15) is 11.8 Å². The Labute approximate surface area is 131 Å². The van der Waals surface area contributed by atoms with Crippen LogP contribution >= 0.6 is 11.8 Å². The van der Waals surface area contributed by atoms with Crippen LogP contribution in [0.15, 0.2) is 18.2 Å². The quantitative estimate of drug-likeness (QED) is 0.850. The molecule has 1 amide bonds. The molecule has 1 rings (SSSR count). The first kappa shape index (κ1) is 17.6. The first-order valence-corrected chi connectivity index (χ1v) is 8.37. The molecule has 0 saturated heterocycles. The second kappa shape index (κ2) is 8.76. The molecule has 0 radical (unpaired) electrons. The number of benzene rings is 1. The van der Waals surface area contributed by atoms with Gasteiger partial charge in [-0.05, 0) is 44.4 Å². The molecule has 21 heavy (non-hydrogen) atoms. The number of aliphatic hydroxyl groups excluding tert-OH is 1. The van der Waals surface area contributed by atoms with Crippen LogP contribution in [0.5, 0.6) is 0 Å². The van der Waals surface area contributed by atoms with E-state index in [0.717, 1.165) is 17.7 Å². The van der Waals surface area contributed by atoms with E-state index in [-0.39, 0.29) is 18.6 Å². The van der Waals surface area contributed by atoms with E-state index >= 15 is 0 Å². The highest BCUT2D eigenvalue weighted by atomic mass is 32.2. The molecule has 0 fully saturated rings. The predicted octanol–water partition coefficient (Wildman–Crippen LogP) is 2.55. The van der Waals surface area contributed by atoms with Crippen molar-refractivity contribution in [3.8, 4) is 11.8 Å². The Morgan fingerprint density at radius 1 is 1.48 bits per heavy atom. The van der Waals surface area contributed by atoms with Crippen molar-refractivity contribution >= 4 is 17.7 Å². The van der Waals surface area contributed by atoms with Crippen molar-refractivity contribution in [1.29, 1.82) is 0 Å². The van der Waals surface area contributed by atoms with Gasteiger partial charge in [0.15, 0.2) is 0 Å². The van der Waals surface area contributed by atoms with Crippen molar-refractivity contribution in [2.24, 2.45) is 0 Å². The summed E-state index contributed by atoms with van der Waals surface area (Å²) in [7, 11) is 1.83. The summed E-state index contributed by atoms with van der Waals surface area (Å²) in [5.41, 5.74) is 2.30. The standard InChI is InChI=1S/C17H23NO2S/c1-13-7-8-15(6-5-10-19)16(12-13)17(20)18(3)14(2)9-11-21-4/h7-8,12,14,19H,9-11H2,1-4H3. The molecule has 0 aliphatic heterocycles. The lowest BCUT2D eigenvalue weighted by Crippen LogP contribution is -2.35. The van der Waals surface area contributed by atoms with Crippen molar-refractivity contribution in [1.82, 2.24) is 4.90 Å². The third kappa shape index (κ3) is 5.11. The monoisotopic (exact) mass is 305 g/mol. The molecule has 1 aromatic rings. The van der Waals surface area contributed by atoms with Gasteiger partial charge in [-0.1, -0.05) is 23.5 Å². The van der Waals surface area contributed by atoms with Gasteiger partial charge < -0.3 is 10.0 Å². The lowest BCUT2D eigenvalue weighted by Gasteiger charge is -2.25. The fraction of sp³-hybridized carbons (Fsp3) is 0.471. The summed E-state index contributed by atoms with van der Waals surface area (Å²) >= 11 is 1.78. The van der Waals surface area contributed by atoms with E-state index in [9.17, 15) is 4.79 Å². The van der Waals surface area contributed by atoms with E-state index in [4.69, 9.17) is 5.11 Å². The summed E-state index contributed by atoms with van der Waals surface area (Å²) in [5.74, 6) is 6.48. The minimum Gasteiger partial charge on any atom is -0.384 e. The van der Waals surface area contributed by atoms with Crippen LogP contribution in [0, 0.1) is 18.8 Å². The van der Waals surface area contributed by atoms with Gasteiger partial charge in [-0.3, -0.25) is 4.79 Å². The zero-order valence-electron chi connectivity index (χ0n) is 13.1. The molecule has 0 heterocycles. The average molecular weight is 305 g/mol. The van der Waals surface area contributed by atoms with Crippen LogP contribution < -0.4 is 0 Å². The number of hydrogen-bond acceptors (Lipinski definition) is 3. The van der Waals surface area contributed by atoms with Gasteiger partial charge in [0.25, 0.3) is 5.91 Å². The Hall–Kier alpha value is -1.44. The number of thioether (sulfide) groups is 1. The van der Waals surface area contributed by atoms with Crippen molar-refractivity contribution in [3.63, 3.8) is 0 Å². The molecule has 4 heteroatoms. The number of rotatable bonds is 5. The first-order chi connectivity index (χ1) is 10.0. The number of hydrogen-bond donors (Lipinski definition) is 1. The van der Waals surface area contributed by atoms with Crippen LogP contribution in [0.25, 0.3) is 0 Å². The van der Waals surface area contributed by atoms with Gasteiger partial charge in [0, 0.05) is 18.7 Å². The van der Waals surface area contributed by atoms with Gasteiger partial charge in [0.2, 0.25) is 0 Å². The van der Waals surface area contributed by atoms with E-state index in [0.29, 0.717) is 11.1 Å². The number of carbonyl (C=O) groups is 1. The molecule has 1 atom stereocenters. The van der Waals surface area contributed by atoms with Crippen molar-refractivity contribution in [3.05, 3.63) is 34.9 Å². The van der Waals surface area contributed by atoms with Gasteiger partial charge >= 0.3 is 0 Å². The van der Waals surface area contributed by atoms with E-state index in [1.54, 1.807) is 16.7 Å². The SMILES string of the molecule is CSCCC(C)N(C)C(=O)c1cc(C)ccc1C#CCO. The number of aryl methyl sites for hydroxylation is 1. The molecule has 0 spiro atoms. The van der Waals surface area contributed by atoms with E-state index in [1.807, 2.05) is 32.2 Å². The second-order valence-electron chi connectivity index (χ2n) is 5.06. The Morgan fingerprint density at radius 2 is 2.19 bits per heavy atom. The molecule has 0 saturated carbocycles. The number of nitrogens with zero attached hydrogens (tertiary/aromatic N) is 1. The molecule has 0 aliphatic carbocycles. The highest BCUT2D eigenvalue weighted by Crippen LogP contribution is 2.16. The molecule has 114 valence electrons. The third-order valence-electron chi connectivity index (χ3n) is 3.43. The summed E-state index contributed by atoms with van der Waals surface area (Å²) in [5, 5.41) is 8.83. The Morgan fingerprint density at radius 3 is 2.81 bits per heavy atom. The smallest absolute Gasteiger partial charge is 0.255 e. The minimum absolute atomic E-state index is 0.0189. The van der Waals surface area contributed by atoms with E-state index in [2.05, 4.69) is 25.0 Å². The zero-order chi connectivity index (χ0) is 15.8. The number of aliphatic hydroxyl groups is 1. The van der Waals surface area contributed by atoms with Crippen LogP contribution in [-0.4, -0.2) is 47.6 Å². The molecule has 1 unspecified atom stereocenters. The third-order valence-corrected chi connectivity index (χ3v) is 4.07. The maximum absolute atomic E-state index is 12.7. The molecular formula is C17H23NO2S. The number of carbonyl (C=O) groups excluding carboxylic acids is 1. The maximum Gasteiger partial charge on any atom is 0.255 e. The molecular weight excluding hydrogens is 282 g/mol. The van der Waals surface area contributed by atoms with Crippen LogP contribution in [0.4, 0.5) is 0 Å². The Balaban J connectivity index is 3.02. The van der Waals surface area contributed by atoms with Crippen molar-refractivity contribution < 1.29 is 9.90 Å². The molecule has 0 bridgehead atoms. The van der Waals surface area contributed by atoms with Gasteiger partial charge in [0.05, 0.1) is 5.56 Å². The molecule has 1 aromatic carbocycles. The minimum atomic E-state index is -0.207. The molecule has 0 aliphatic rings. The fourth-order valence-electron chi connectivity index (χ4n) is 1.95. The van der Waals surface area contributed by atoms with Gasteiger partial charge in [0.1, 0.15) is 6.61 Å². The normalized spacial score (nSPS) is 11.5. The van der Waals surface area contributed by atoms with Crippen molar-refractivity contribution in [2.45, 2.75) is 26.3 Å². The van der Waals surface area contributed by atoms with Crippen LogP contribution in [0.3, 0.4) is 0 Å². The predicted molar refractivity (Wildman–Crippen MR) is 89.7 cm³/mol. The summed E-state index contributed by atoms with van der Waals surface area (Å²) in [4.78, 5) is 14.4. The summed E-state index contributed by atoms with van der Waals surface area (Å²) in [6, 6.07) is 5.81. The summed E-state index contributed by atoms with van der Waals surface area (Å²) < 4.78 is 0. The van der Waals surface area contributed by atoms with Crippen molar-refractivity contribution in [2.75, 3.05) is 25.7 Å². The largest absolute Gasteiger partial charge is 0.384 e. The lowest BCUT2D eigenvalue weighted by atomic mass is 10.0. The van der Waals surface area contributed by atoms with E-state index < -0.39 is 0 Å². The van der Waals surface area contributed by atoms with Crippen LogP contribution in [0.2, 0.25) is 0 Å². The first-order valence-electron chi connectivity index (χ1n) is 6.97. The van der Waals surface area contributed by atoms with Crippen LogP contribution in [-0.2, 0) is 0 Å². The fourth-order valence-corrected chi connectivity index (χ4v) is 2.53. The zero-order valence-corrected chi connectivity index (χ0v) is 14.0. The number of amides is 1. The topological polar surface area (TPSA) is 40.5 Å². The maximum atomic E-state index is 12.7. The Bertz CT molecular complexity index is 545. The average Bonchev–Trinajstić information content (AvgIpc) is 2.49. The van der Waals surface area contributed by atoms with E-state index in [1.165, 1.54) is 0 Å². The molecule has 1 N–H and O–H groups in total. The summed E-state index contributed by atoms with van der Waals surface area (Å²) in [6.45, 7) is 3.81. The molecule has 3 nitrogen and oxygen atoms in total. The van der Waals surface area contributed by atoms with Gasteiger partial charge in [-0.25, -0.2) is 0 Å². The molecule has 0 aromatic heterocycles. The highest BCUT2D eigenvalue weighted by molar-refractivity contribution is 7.98. The highest BCUT2D eigenvalue weighted by Gasteiger charge is 2.19.